The van der Waals surface area contributed by atoms with E-state index in [1.165, 1.54) is 6.07 Å². The smallest absolute Gasteiger partial charge is 0.344 e. The van der Waals surface area contributed by atoms with E-state index in [0.29, 0.717) is 36.3 Å². The Morgan fingerprint density at radius 1 is 1.14 bits per heavy atom. The van der Waals surface area contributed by atoms with Gasteiger partial charge in [0, 0.05) is 30.6 Å². The first kappa shape index (κ1) is 19.9. The predicted octanol–water partition coefficient (Wildman–Crippen LogP) is 2.53. The maximum Gasteiger partial charge on any atom is 0.344 e. The van der Waals surface area contributed by atoms with Gasteiger partial charge in [-0.25, -0.2) is 9.59 Å². The molecule has 2 heterocycles. The van der Waals surface area contributed by atoms with Crippen LogP contribution in [-0.4, -0.2) is 43.1 Å². The van der Waals surface area contributed by atoms with Gasteiger partial charge in [0.25, 0.3) is 5.91 Å². The van der Waals surface area contributed by atoms with Gasteiger partial charge in [0.2, 0.25) is 0 Å². The maximum atomic E-state index is 12.2. The van der Waals surface area contributed by atoms with Crippen molar-refractivity contribution in [3.8, 4) is 5.75 Å². The number of nitrogens with zero attached hydrogens (tertiary/aromatic N) is 1. The number of hydrogen-bond acceptors (Lipinski definition) is 6. The van der Waals surface area contributed by atoms with Crippen molar-refractivity contribution >= 4 is 22.8 Å². The molecule has 2 aromatic rings. The van der Waals surface area contributed by atoms with E-state index in [0.717, 1.165) is 17.4 Å². The zero-order valence-electron chi connectivity index (χ0n) is 16.4. The first-order chi connectivity index (χ1) is 13.3. The van der Waals surface area contributed by atoms with Gasteiger partial charge in [0.15, 0.2) is 13.2 Å². The SMILES string of the molecule is Cc1cc(=O)oc2cc(OCC(=O)OCC(=O)N3C[C@@H](C)C[C@H](C)C3)ccc12. The zero-order valence-corrected chi connectivity index (χ0v) is 16.4. The zero-order chi connectivity index (χ0) is 20.3. The number of ether oxygens (including phenoxy) is 2. The van der Waals surface area contributed by atoms with Crippen LogP contribution in [0.2, 0.25) is 0 Å². The van der Waals surface area contributed by atoms with Crippen LogP contribution < -0.4 is 10.4 Å². The number of esters is 1. The summed E-state index contributed by atoms with van der Waals surface area (Å²) >= 11 is 0. The number of fused-ring (bicyclic) bond motifs is 1. The van der Waals surface area contributed by atoms with Crippen molar-refractivity contribution in [2.75, 3.05) is 26.3 Å². The van der Waals surface area contributed by atoms with Crippen LogP contribution in [0, 0.1) is 18.8 Å². The second-order valence-electron chi connectivity index (χ2n) is 7.60. The molecule has 28 heavy (non-hydrogen) atoms. The molecule has 7 heteroatoms. The van der Waals surface area contributed by atoms with Gasteiger partial charge in [0.1, 0.15) is 11.3 Å². The Kier molecular flexibility index (Phi) is 6.02. The third kappa shape index (κ3) is 4.91. The van der Waals surface area contributed by atoms with Crippen molar-refractivity contribution < 1.29 is 23.5 Å². The summed E-state index contributed by atoms with van der Waals surface area (Å²) in [4.78, 5) is 37.4. The lowest BCUT2D eigenvalue weighted by Gasteiger charge is -2.34. The summed E-state index contributed by atoms with van der Waals surface area (Å²) in [5.74, 6) is 0.460. The standard InChI is InChI=1S/C21H25NO6/c1-13-6-14(2)10-22(9-13)19(23)11-27-21(25)12-26-16-4-5-17-15(3)7-20(24)28-18(17)8-16/h4-5,7-8,13-14H,6,9-12H2,1-3H3/t13-,14-/m0/s1. The van der Waals surface area contributed by atoms with Gasteiger partial charge in [-0.1, -0.05) is 13.8 Å². The molecule has 0 radical (unpaired) electrons. The number of hydrogen-bond donors (Lipinski definition) is 0. The van der Waals surface area contributed by atoms with Crippen molar-refractivity contribution in [2.45, 2.75) is 27.2 Å². The minimum Gasteiger partial charge on any atom is -0.482 e. The first-order valence-electron chi connectivity index (χ1n) is 9.42. The minimum absolute atomic E-state index is 0.185. The van der Waals surface area contributed by atoms with E-state index in [2.05, 4.69) is 13.8 Å². The molecule has 0 unspecified atom stereocenters. The summed E-state index contributed by atoms with van der Waals surface area (Å²) in [5.41, 5.74) is 0.748. The van der Waals surface area contributed by atoms with Gasteiger partial charge in [-0.15, -0.1) is 0 Å². The summed E-state index contributed by atoms with van der Waals surface area (Å²) in [6, 6.07) is 6.42. The van der Waals surface area contributed by atoms with Gasteiger partial charge in [-0.05, 0) is 42.9 Å². The molecule has 1 aliphatic heterocycles. The highest BCUT2D eigenvalue weighted by Crippen LogP contribution is 2.22. The van der Waals surface area contributed by atoms with Crippen LogP contribution in [0.5, 0.6) is 5.75 Å². The molecule has 0 saturated carbocycles. The van der Waals surface area contributed by atoms with Crippen molar-refractivity contribution in [3.05, 3.63) is 40.2 Å². The lowest BCUT2D eigenvalue weighted by molar-refractivity contribution is -0.154. The number of benzene rings is 1. The van der Waals surface area contributed by atoms with Crippen LogP contribution in [0.25, 0.3) is 11.0 Å². The molecule has 1 aromatic heterocycles. The number of likely N-dealkylation sites (tertiary alicyclic amines) is 1. The summed E-state index contributed by atoms with van der Waals surface area (Å²) in [5, 5.41) is 0.796. The Hall–Kier alpha value is -2.83. The van der Waals surface area contributed by atoms with E-state index in [1.807, 2.05) is 6.92 Å². The number of amides is 1. The minimum atomic E-state index is -0.628. The highest BCUT2D eigenvalue weighted by molar-refractivity contribution is 5.82. The fourth-order valence-corrected chi connectivity index (χ4v) is 3.68. The summed E-state index contributed by atoms with van der Waals surface area (Å²) < 4.78 is 15.6. The average molecular weight is 387 g/mol. The van der Waals surface area contributed by atoms with Gasteiger partial charge in [-0.3, -0.25) is 4.79 Å². The molecule has 0 bridgehead atoms. The number of piperidine rings is 1. The number of rotatable bonds is 5. The van der Waals surface area contributed by atoms with Crippen molar-refractivity contribution in [3.63, 3.8) is 0 Å². The lowest BCUT2D eigenvalue weighted by atomic mass is 9.92. The van der Waals surface area contributed by atoms with Crippen LogP contribution in [0.1, 0.15) is 25.8 Å². The number of carbonyl (C=O) groups excluding carboxylic acids is 2. The average Bonchev–Trinajstić information content (AvgIpc) is 2.63. The van der Waals surface area contributed by atoms with E-state index < -0.39 is 11.6 Å². The van der Waals surface area contributed by atoms with Crippen molar-refractivity contribution in [1.82, 2.24) is 4.90 Å². The molecule has 0 N–H and O–H groups in total. The molecule has 0 spiro atoms. The van der Waals surface area contributed by atoms with E-state index in [9.17, 15) is 14.4 Å². The van der Waals surface area contributed by atoms with E-state index >= 15 is 0 Å². The van der Waals surface area contributed by atoms with Crippen molar-refractivity contribution in [1.29, 1.82) is 0 Å². The molecule has 7 nitrogen and oxygen atoms in total. The fourth-order valence-electron chi connectivity index (χ4n) is 3.68. The molecule has 0 aliphatic carbocycles. The Labute approximate surface area is 163 Å². The van der Waals surface area contributed by atoms with E-state index in [-0.39, 0.29) is 19.1 Å². The third-order valence-electron chi connectivity index (χ3n) is 4.86. The van der Waals surface area contributed by atoms with Gasteiger partial charge in [-0.2, -0.15) is 0 Å². The molecule has 1 aromatic carbocycles. The molecule has 1 saturated heterocycles. The topological polar surface area (TPSA) is 86.0 Å². The largest absolute Gasteiger partial charge is 0.482 e. The second-order valence-corrected chi connectivity index (χ2v) is 7.60. The van der Waals surface area contributed by atoms with E-state index in [1.54, 1.807) is 23.1 Å². The Balaban J connectivity index is 1.51. The first-order valence-corrected chi connectivity index (χ1v) is 9.42. The monoisotopic (exact) mass is 387 g/mol. The van der Waals surface area contributed by atoms with Crippen LogP contribution in [0.15, 0.2) is 33.5 Å². The quantitative estimate of drug-likeness (QED) is 0.579. The maximum absolute atomic E-state index is 12.2. The van der Waals surface area contributed by atoms with Crippen LogP contribution in [0.3, 0.4) is 0 Å². The van der Waals surface area contributed by atoms with Crippen LogP contribution in [0.4, 0.5) is 0 Å². The highest BCUT2D eigenvalue weighted by atomic mass is 16.6. The second kappa shape index (κ2) is 8.46. The molecule has 1 fully saturated rings. The fraction of sp³-hybridized carbons (Fsp3) is 0.476. The third-order valence-corrected chi connectivity index (χ3v) is 4.86. The molecule has 1 aliphatic rings. The van der Waals surface area contributed by atoms with Gasteiger partial charge >= 0.3 is 11.6 Å². The number of carbonyl (C=O) groups is 2. The number of aryl methyl sites for hydroxylation is 1. The molecular formula is C21H25NO6. The summed E-state index contributed by atoms with van der Waals surface area (Å²) in [6.07, 6.45) is 1.10. The Morgan fingerprint density at radius 2 is 1.86 bits per heavy atom. The molecule has 2 atom stereocenters. The molecule has 3 rings (SSSR count). The Bertz CT molecular complexity index is 924. The molecule has 1 amide bonds. The molecule has 150 valence electrons. The summed E-state index contributed by atoms with van der Waals surface area (Å²) in [7, 11) is 0. The lowest BCUT2D eigenvalue weighted by Crippen LogP contribution is -2.44. The normalized spacial score (nSPS) is 19.5. The van der Waals surface area contributed by atoms with Gasteiger partial charge < -0.3 is 18.8 Å². The predicted molar refractivity (Wildman–Crippen MR) is 103 cm³/mol. The van der Waals surface area contributed by atoms with Crippen molar-refractivity contribution in [2.24, 2.45) is 11.8 Å². The van der Waals surface area contributed by atoms with Crippen LogP contribution >= 0.6 is 0 Å². The summed E-state index contributed by atoms with van der Waals surface area (Å²) in [6.45, 7) is 6.82. The van der Waals surface area contributed by atoms with E-state index in [4.69, 9.17) is 13.9 Å². The Morgan fingerprint density at radius 3 is 2.57 bits per heavy atom. The van der Waals surface area contributed by atoms with Crippen LogP contribution in [-0.2, 0) is 14.3 Å². The highest BCUT2D eigenvalue weighted by Gasteiger charge is 2.25. The molecular weight excluding hydrogens is 362 g/mol. The van der Waals surface area contributed by atoms with Gasteiger partial charge in [0.05, 0.1) is 0 Å².